The number of hydrogen-bond donors (Lipinski definition) is 2. The van der Waals surface area contributed by atoms with E-state index < -0.39 is 0 Å². The molecule has 2 aromatic carbocycles. The van der Waals surface area contributed by atoms with Gasteiger partial charge in [0.25, 0.3) is 5.91 Å². The lowest BCUT2D eigenvalue weighted by Crippen LogP contribution is -2.48. The summed E-state index contributed by atoms with van der Waals surface area (Å²) in [5, 5.41) is 6.10. The number of anilines is 1. The molecule has 0 saturated carbocycles. The molecular weight excluding hydrogens is 366 g/mol. The van der Waals surface area contributed by atoms with Gasteiger partial charge in [-0.1, -0.05) is 30.3 Å². The lowest BCUT2D eigenvalue weighted by Gasteiger charge is -2.31. The number of carbonyl (C=O) groups excluding carboxylic acids is 2. The van der Waals surface area contributed by atoms with Gasteiger partial charge in [-0.3, -0.25) is 14.5 Å². The number of rotatable bonds is 6. The number of benzene rings is 2. The maximum Gasteiger partial charge on any atom is 0.251 e. The number of hydrogen-bond acceptors (Lipinski definition) is 4. The Morgan fingerprint density at radius 3 is 2.69 bits per heavy atom. The largest absolute Gasteiger partial charge is 0.379 e. The highest BCUT2D eigenvalue weighted by molar-refractivity contribution is 5.98. The molecule has 6 nitrogen and oxygen atoms in total. The van der Waals surface area contributed by atoms with Gasteiger partial charge in [-0.15, -0.1) is 0 Å². The molecule has 1 saturated heterocycles. The number of amides is 2. The molecule has 0 bridgehead atoms. The maximum atomic E-state index is 13.0. The van der Waals surface area contributed by atoms with Gasteiger partial charge in [-0.2, -0.15) is 0 Å². The molecule has 6 heteroatoms. The highest BCUT2D eigenvalue weighted by Gasteiger charge is 2.21. The van der Waals surface area contributed by atoms with E-state index in [1.165, 1.54) is 5.56 Å². The zero-order chi connectivity index (χ0) is 20.1. The fraction of sp³-hybridized carbons (Fsp3) is 0.391. The van der Waals surface area contributed by atoms with Crippen molar-refractivity contribution in [2.75, 3.05) is 38.2 Å². The van der Waals surface area contributed by atoms with Crippen LogP contribution in [0.5, 0.6) is 0 Å². The number of carbonyl (C=O) groups is 2. The highest BCUT2D eigenvalue weighted by Crippen LogP contribution is 2.23. The minimum absolute atomic E-state index is 0.0127. The Kier molecular flexibility index (Phi) is 6.22. The molecular formula is C23H27N3O3. The van der Waals surface area contributed by atoms with Crippen molar-refractivity contribution < 1.29 is 14.3 Å². The second kappa shape index (κ2) is 9.20. The van der Waals surface area contributed by atoms with Crippen molar-refractivity contribution in [2.24, 2.45) is 0 Å². The Balaban J connectivity index is 1.47. The molecule has 2 N–H and O–H groups in total. The Labute approximate surface area is 171 Å². The molecule has 0 spiro atoms. The van der Waals surface area contributed by atoms with Gasteiger partial charge in [-0.25, -0.2) is 0 Å². The summed E-state index contributed by atoms with van der Waals surface area (Å²) in [5.41, 5.74) is 3.68. The minimum Gasteiger partial charge on any atom is -0.379 e. The van der Waals surface area contributed by atoms with E-state index in [2.05, 4.69) is 27.7 Å². The molecule has 1 atom stereocenters. The van der Waals surface area contributed by atoms with Crippen LogP contribution < -0.4 is 10.6 Å². The number of fused-ring (bicyclic) bond motifs is 1. The van der Waals surface area contributed by atoms with Gasteiger partial charge in [0.05, 0.1) is 13.2 Å². The molecule has 0 radical (unpaired) electrons. The number of morpholine rings is 1. The van der Waals surface area contributed by atoms with Crippen molar-refractivity contribution in [3.8, 4) is 0 Å². The summed E-state index contributed by atoms with van der Waals surface area (Å²) in [6, 6.07) is 15.8. The molecule has 152 valence electrons. The Morgan fingerprint density at radius 2 is 1.90 bits per heavy atom. The quantitative estimate of drug-likeness (QED) is 0.790. The van der Waals surface area contributed by atoms with Crippen LogP contribution in [0.25, 0.3) is 0 Å². The fourth-order valence-corrected chi connectivity index (χ4v) is 3.95. The lowest BCUT2D eigenvalue weighted by atomic mass is 9.99. The van der Waals surface area contributed by atoms with Crippen LogP contribution in [0.2, 0.25) is 0 Å². The van der Waals surface area contributed by atoms with E-state index in [-0.39, 0.29) is 17.9 Å². The average Bonchev–Trinajstić information content (AvgIpc) is 2.74. The molecule has 4 rings (SSSR count). The fourth-order valence-electron chi connectivity index (χ4n) is 3.95. The lowest BCUT2D eigenvalue weighted by molar-refractivity contribution is -0.116. The third-order valence-electron chi connectivity index (χ3n) is 5.51. The van der Waals surface area contributed by atoms with Crippen LogP contribution in [0.15, 0.2) is 48.5 Å². The zero-order valence-corrected chi connectivity index (χ0v) is 16.5. The molecule has 29 heavy (non-hydrogen) atoms. The van der Waals surface area contributed by atoms with Crippen LogP contribution in [0, 0.1) is 0 Å². The maximum absolute atomic E-state index is 13.0. The Hall–Kier alpha value is -2.70. The normalized spacial score (nSPS) is 17.9. The predicted molar refractivity (Wildman–Crippen MR) is 112 cm³/mol. The minimum atomic E-state index is -0.0705. The van der Waals surface area contributed by atoms with Gasteiger partial charge in [0.2, 0.25) is 5.91 Å². The summed E-state index contributed by atoms with van der Waals surface area (Å²) < 4.78 is 5.45. The van der Waals surface area contributed by atoms with E-state index >= 15 is 0 Å². The monoisotopic (exact) mass is 393 g/mol. The molecule has 2 aromatic rings. The summed E-state index contributed by atoms with van der Waals surface area (Å²) in [6.45, 7) is 4.05. The van der Waals surface area contributed by atoms with Crippen molar-refractivity contribution in [2.45, 2.75) is 25.3 Å². The first-order valence-electron chi connectivity index (χ1n) is 10.2. The van der Waals surface area contributed by atoms with Crippen molar-refractivity contribution in [1.29, 1.82) is 0 Å². The van der Waals surface area contributed by atoms with Gasteiger partial charge < -0.3 is 15.4 Å². The van der Waals surface area contributed by atoms with Gasteiger partial charge in [0, 0.05) is 43.3 Å². The van der Waals surface area contributed by atoms with Crippen LogP contribution in [0.4, 0.5) is 5.69 Å². The Bertz CT molecular complexity index is 863. The van der Waals surface area contributed by atoms with E-state index in [0.29, 0.717) is 18.4 Å². The van der Waals surface area contributed by atoms with Gasteiger partial charge >= 0.3 is 0 Å². The first-order valence-corrected chi connectivity index (χ1v) is 10.2. The molecule has 0 aromatic heterocycles. The average molecular weight is 393 g/mol. The molecule has 2 aliphatic heterocycles. The zero-order valence-electron chi connectivity index (χ0n) is 16.5. The SMILES string of the molecule is O=C1CCc2cc(C(=O)NC(Cc3ccccc3)CN3CCOCC3)ccc2N1. The summed E-state index contributed by atoms with van der Waals surface area (Å²) >= 11 is 0. The predicted octanol–water partition coefficient (Wildman–Crippen LogP) is 2.24. The number of ether oxygens (including phenoxy) is 1. The van der Waals surface area contributed by atoms with E-state index in [9.17, 15) is 9.59 Å². The first-order chi connectivity index (χ1) is 14.2. The van der Waals surface area contributed by atoms with E-state index in [0.717, 1.165) is 50.5 Å². The molecule has 1 unspecified atom stereocenters. The van der Waals surface area contributed by atoms with Gasteiger partial charge in [0.1, 0.15) is 0 Å². The molecule has 1 fully saturated rings. The number of nitrogens with zero attached hydrogens (tertiary/aromatic N) is 1. The second-order valence-corrected chi connectivity index (χ2v) is 7.69. The Morgan fingerprint density at radius 1 is 1.10 bits per heavy atom. The van der Waals surface area contributed by atoms with Crippen LogP contribution in [-0.4, -0.2) is 55.6 Å². The smallest absolute Gasteiger partial charge is 0.251 e. The molecule has 0 aliphatic carbocycles. The summed E-state index contributed by atoms with van der Waals surface area (Å²) in [7, 11) is 0. The van der Waals surface area contributed by atoms with Crippen molar-refractivity contribution in [1.82, 2.24) is 10.2 Å². The number of nitrogens with one attached hydrogen (secondary N) is 2. The van der Waals surface area contributed by atoms with E-state index in [1.807, 2.05) is 30.3 Å². The van der Waals surface area contributed by atoms with Gasteiger partial charge in [-0.05, 0) is 42.2 Å². The second-order valence-electron chi connectivity index (χ2n) is 7.69. The van der Waals surface area contributed by atoms with Crippen LogP contribution >= 0.6 is 0 Å². The molecule has 2 aliphatic rings. The summed E-state index contributed by atoms with van der Waals surface area (Å²) in [5.74, 6) is -0.0398. The topological polar surface area (TPSA) is 70.7 Å². The van der Waals surface area contributed by atoms with Crippen molar-refractivity contribution >= 4 is 17.5 Å². The van der Waals surface area contributed by atoms with Crippen LogP contribution in [0.1, 0.15) is 27.9 Å². The highest BCUT2D eigenvalue weighted by atomic mass is 16.5. The summed E-state index contributed by atoms with van der Waals surface area (Å²) in [4.78, 5) is 26.9. The van der Waals surface area contributed by atoms with Crippen molar-refractivity contribution in [3.63, 3.8) is 0 Å². The van der Waals surface area contributed by atoms with Crippen molar-refractivity contribution in [3.05, 3.63) is 65.2 Å². The van der Waals surface area contributed by atoms with E-state index in [4.69, 9.17) is 4.74 Å². The first kappa shape index (κ1) is 19.6. The van der Waals surface area contributed by atoms with Crippen LogP contribution in [-0.2, 0) is 22.4 Å². The summed E-state index contributed by atoms with van der Waals surface area (Å²) in [6.07, 6.45) is 1.92. The molecule has 2 heterocycles. The van der Waals surface area contributed by atoms with Gasteiger partial charge in [0.15, 0.2) is 0 Å². The standard InChI is InChI=1S/C23H27N3O3/c27-22-9-7-18-15-19(6-8-21(18)25-22)23(28)24-20(14-17-4-2-1-3-5-17)16-26-10-12-29-13-11-26/h1-6,8,15,20H,7,9-14,16H2,(H,24,28)(H,25,27). The third kappa shape index (κ3) is 5.22. The van der Waals surface area contributed by atoms with Crippen LogP contribution in [0.3, 0.4) is 0 Å². The molecule has 2 amide bonds. The van der Waals surface area contributed by atoms with E-state index in [1.54, 1.807) is 6.07 Å². The number of aryl methyl sites for hydroxylation is 1. The third-order valence-corrected chi connectivity index (χ3v) is 5.51.